The number of carbonyl (C=O) groups excluding carboxylic acids is 1. The van der Waals surface area contributed by atoms with Gasteiger partial charge in [0, 0.05) is 6.20 Å². The molecule has 2 aromatic rings. The van der Waals surface area contributed by atoms with Crippen molar-refractivity contribution in [2.45, 2.75) is 6.61 Å². The van der Waals surface area contributed by atoms with Crippen molar-refractivity contribution in [1.29, 1.82) is 0 Å². The average molecular weight is 229 g/mol. The first-order valence-corrected chi connectivity index (χ1v) is 5.10. The largest absolute Gasteiger partial charge is 0.444 e. The van der Waals surface area contributed by atoms with Crippen molar-refractivity contribution in [2.75, 3.05) is 5.32 Å². The monoisotopic (exact) mass is 229 g/mol. The van der Waals surface area contributed by atoms with E-state index in [1.807, 2.05) is 30.3 Å². The predicted molar refractivity (Wildman–Crippen MR) is 62.3 cm³/mol. The minimum Gasteiger partial charge on any atom is -0.444 e. The molecule has 1 N–H and O–H groups in total. The first kappa shape index (κ1) is 11.1. The Morgan fingerprint density at radius 2 is 2.00 bits per heavy atom. The topological polar surface area (TPSA) is 64.1 Å². The van der Waals surface area contributed by atoms with E-state index in [0.717, 1.165) is 5.56 Å². The van der Waals surface area contributed by atoms with E-state index < -0.39 is 6.09 Å². The molecule has 1 amide bonds. The zero-order valence-electron chi connectivity index (χ0n) is 9.04. The van der Waals surface area contributed by atoms with Crippen LogP contribution in [0.5, 0.6) is 0 Å². The predicted octanol–water partition coefficient (Wildman–Crippen LogP) is 2.23. The van der Waals surface area contributed by atoms with Crippen LogP contribution in [-0.2, 0) is 11.3 Å². The molecule has 0 radical (unpaired) electrons. The second-order valence-electron chi connectivity index (χ2n) is 3.30. The van der Waals surface area contributed by atoms with Crippen LogP contribution < -0.4 is 5.32 Å². The quantitative estimate of drug-likeness (QED) is 0.876. The molecule has 17 heavy (non-hydrogen) atoms. The molecule has 5 heteroatoms. The molecule has 0 aliphatic carbocycles. The summed E-state index contributed by atoms with van der Waals surface area (Å²) in [5.41, 5.74) is 0.932. The van der Waals surface area contributed by atoms with Crippen molar-refractivity contribution in [3.05, 3.63) is 54.2 Å². The molecule has 0 spiro atoms. The van der Waals surface area contributed by atoms with Crippen molar-refractivity contribution in [3.8, 4) is 0 Å². The highest BCUT2D eigenvalue weighted by atomic mass is 16.5. The highest BCUT2D eigenvalue weighted by Gasteiger charge is 2.03. The first-order valence-electron chi connectivity index (χ1n) is 5.10. The lowest BCUT2D eigenvalue weighted by Gasteiger charge is -2.05. The van der Waals surface area contributed by atoms with Crippen molar-refractivity contribution < 1.29 is 9.53 Å². The Bertz CT molecular complexity index is 474. The molecule has 1 aromatic heterocycles. The van der Waals surface area contributed by atoms with E-state index in [2.05, 4.69) is 15.5 Å². The van der Waals surface area contributed by atoms with E-state index >= 15 is 0 Å². The lowest BCUT2D eigenvalue weighted by Crippen LogP contribution is -2.14. The zero-order valence-corrected chi connectivity index (χ0v) is 9.04. The molecule has 1 heterocycles. The standard InChI is InChI=1S/C12H11N3O2/c16-12(14-11-7-4-8-13-15-11)17-9-10-5-2-1-3-6-10/h1-8H,9H2,(H,14,15,16). The number of hydrogen-bond donors (Lipinski definition) is 1. The van der Waals surface area contributed by atoms with Gasteiger partial charge >= 0.3 is 6.09 Å². The summed E-state index contributed by atoms with van der Waals surface area (Å²) in [6.45, 7) is 0.229. The van der Waals surface area contributed by atoms with Gasteiger partial charge in [-0.2, -0.15) is 5.10 Å². The average Bonchev–Trinajstić information content (AvgIpc) is 2.39. The van der Waals surface area contributed by atoms with Crippen LogP contribution in [0.25, 0.3) is 0 Å². The van der Waals surface area contributed by atoms with E-state index in [1.54, 1.807) is 12.1 Å². The molecule has 0 unspecified atom stereocenters. The second kappa shape index (κ2) is 5.60. The molecular formula is C12H11N3O2. The smallest absolute Gasteiger partial charge is 0.413 e. The highest BCUT2D eigenvalue weighted by molar-refractivity contribution is 5.83. The van der Waals surface area contributed by atoms with Gasteiger partial charge in [0.1, 0.15) is 6.61 Å². The van der Waals surface area contributed by atoms with Gasteiger partial charge in [-0.15, -0.1) is 5.10 Å². The lowest BCUT2D eigenvalue weighted by molar-refractivity contribution is 0.155. The summed E-state index contributed by atoms with van der Waals surface area (Å²) in [5.74, 6) is 0.366. The number of ether oxygens (including phenoxy) is 1. The number of anilines is 1. The van der Waals surface area contributed by atoms with E-state index in [-0.39, 0.29) is 6.61 Å². The molecule has 0 fully saturated rings. The zero-order chi connectivity index (χ0) is 11.9. The number of hydrogen-bond acceptors (Lipinski definition) is 4. The minimum absolute atomic E-state index is 0.229. The summed E-state index contributed by atoms with van der Waals surface area (Å²) < 4.78 is 5.01. The summed E-state index contributed by atoms with van der Waals surface area (Å²) in [5, 5.41) is 9.82. The molecule has 86 valence electrons. The number of rotatable bonds is 3. The van der Waals surface area contributed by atoms with Crippen LogP contribution in [0.4, 0.5) is 10.6 Å². The van der Waals surface area contributed by atoms with E-state index in [1.165, 1.54) is 6.20 Å². The van der Waals surface area contributed by atoms with Crippen LogP contribution >= 0.6 is 0 Å². The maximum absolute atomic E-state index is 11.4. The lowest BCUT2D eigenvalue weighted by atomic mass is 10.2. The van der Waals surface area contributed by atoms with Crippen molar-refractivity contribution in [1.82, 2.24) is 10.2 Å². The molecule has 0 saturated heterocycles. The maximum atomic E-state index is 11.4. The number of carbonyl (C=O) groups is 1. The van der Waals surface area contributed by atoms with Gasteiger partial charge in [0.05, 0.1) is 0 Å². The fraction of sp³-hybridized carbons (Fsp3) is 0.0833. The fourth-order valence-corrected chi connectivity index (χ4v) is 1.23. The van der Waals surface area contributed by atoms with Crippen LogP contribution in [0, 0.1) is 0 Å². The van der Waals surface area contributed by atoms with E-state index in [9.17, 15) is 4.79 Å². The molecule has 0 atom stereocenters. The maximum Gasteiger partial charge on any atom is 0.413 e. The van der Waals surface area contributed by atoms with Crippen molar-refractivity contribution in [3.63, 3.8) is 0 Å². The minimum atomic E-state index is -0.547. The molecule has 5 nitrogen and oxygen atoms in total. The Kier molecular flexibility index (Phi) is 3.64. The van der Waals surface area contributed by atoms with Gasteiger partial charge in [-0.25, -0.2) is 4.79 Å². The summed E-state index contributed by atoms with van der Waals surface area (Å²) in [4.78, 5) is 11.4. The highest BCUT2D eigenvalue weighted by Crippen LogP contribution is 2.03. The van der Waals surface area contributed by atoms with Gasteiger partial charge in [0.25, 0.3) is 0 Å². The van der Waals surface area contributed by atoms with Gasteiger partial charge in [-0.1, -0.05) is 30.3 Å². The molecule has 0 aliphatic rings. The van der Waals surface area contributed by atoms with Crippen LogP contribution in [0.2, 0.25) is 0 Å². The van der Waals surface area contributed by atoms with Gasteiger partial charge in [0.2, 0.25) is 0 Å². The number of nitrogens with zero attached hydrogens (tertiary/aromatic N) is 2. The number of amides is 1. The van der Waals surface area contributed by atoms with Crippen molar-refractivity contribution >= 4 is 11.9 Å². The third kappa shape index (κ3) is 3.57. The van der Waals surface area contributed by atoms with Crippen LogP contribution in [0.1, 0.15) is 5.56 Å². The number of nitrogens with one attached hydrogen (secondary N) is 1. The molecule has 0 aliphatic heterocycles. The van der Waals surface area contributed by atoms with Gasteiger partial charge in [-0.05, 0) is 17.7 Å². The first-order chi connectivity index (χ1) is 8.34. The summed E-state index contributed by atoms with van der Waals surface area (Å²) in [6, 6.07) is 12.8. The second-order valence-corrected chi connectivity index (χ2v) is 3.30. The third-order valence-electron chi connectivity index (χ3n) is 2.02. The van der Waals surface area contributed by atoms with E-state index in [0.29, 0.717) is 5.82 Å². The molecule has 2 rings (SSSR count). The Morgan fingerprint density at radius 3 is 2.71 bits per heavy atom. The normalized spacial score (nSPS) is 9.65. The fourth-order valence-electron chi connectivity index (χ4n) is 1.23. The third-order valence-corrected chi connectivity index (χ3v) is 2.02. The summed E-state index contributed by atoms with van der Waals surface area (Å²) in [7, 11) is 0. The van der Waals surface area contributed by atoms with Gasteiger partial charge in [-0.3, -0.25) is 5.32 Å². The van der Waals surface area contributed by atoms with Gasteiger partial charge < -0.3 is 4.74 Å². The molecule has 0 saturated carbocycles. The molecule has 0 bridgehead atoms. The van der Waals surface area contributed by atoms with Crippen LogP contribution in [0.15, 0.2) is 48.7 Å². The van der Waals surface area contributed by atoms with Crippen LogP contribution in [-0.4, -0.2) is 16.3 Å². The number of benzene rings is 1. The van der Waals surface area contributed by atoms with Crippen molar-refractivity contribution in [2.24, 2.45) is 0 Å². The SMILES string of the molecule is O=C(Nc1cccnn1)OCc1ccccc1. The van der Waals surface area contributed by atoms with Gasteiger partial charge in [0.15, 0.2) is 5.82 Å². The van der Waals surface area contributed by atoms with E-state index in [4.69, 9.17) is 4.74 Å². The van der Waals surface area contributed by atoms with Crippen LogP contribution in [0.3, 0.4) is 0 Å². The summed E-state index contributed by atoms with van der Waals surface area (Å²) in [6.07, 6.45) is 0.981. The Balaban J connectivity index is 1.83. The Labute approximate surface area is 98.5 Å². The Morgan fingerprint density at radius 1 is 1.18 bits per heavy atom. The summed E-state index contributed by atoms with van der Waals surface area (Å²) >= 11 is 0. The molecule has 1 aromatic carbocycles. The Hall–Kier alpha value is -2.43. The molecular weight excluding hydrogens is 218 g/mol. The number of aromatic nitrogens is 2.